The van der Waals surface area contributed by atoms with E-state index in [4.69, 9.17) is 0 Å². The first-order valence-corrected chi connectivity index (χ1v) is 17.7. The SMILES string of the molecule is C=C1N(C(C)(C)C)C=Nc2nncn21.C=C1c2ncnn2N=CN1C(C)(C)C.CC(C)(C)n1cnc2ncnn2c1=O.CC(C)(C)n1cnn2cccc2c1=O. The lowest BCUT2D eigenvalue weighted by Crippen LogP contribution is -2.41. The van der Waals surface area contributed by atoms with Gasteiger partial charge in [-0.15, -0.1) is 34.8 Å². The van der Waals surface area contributed by atoms with E-state index in [1.807, 2.05) is 57.4 Å². The Morgan fingerprint density at radius 2 is 1.34 bits per heavy atom. The van der Waals surface area contributed by atoms with Gasteiger partial charge in [-0.25, -0.2) is 24.3 Å². The van der Waals surface area contributed by atoms with Crippen molar-refractivity contribution in [1.82, 2.24) is 77.8 Å². The molecule has 0 atom stereocenters. The highest BCUT2D eigenvalue weighted by Crippen LogP contribution is 2.27. The van der Waals surface area contributed by atoms with Crippen molar-refractivity contribution in [3.63, 3.8) is 0 Å². The largest absolute Gasteiger partial charge is 0.353 e. The number of hydrogen-bond acceptors (Lipinski definition) is 14. The zero-order chi connectivity index (χ0) is 41.4. The molecule has 0 amide bonds. The molecule has 56 heavy (non-hydrogen) atoms. The number of aromatic nitrogens is 14. The van der Waals surface area contributed by atoms with Crippen LogP contribution in [-0.2, 0) is 11.1 Å². The summed E-state index contributed by atoms with van der Waals surface area (Å²) in [5, 5.41) is 23.7. The van der Waals surface area contributed by atoms with E-state index in [2.05, 4.69) is 105 Å². The Labute approximate surface area is 323 Å². The predicted molar refractivity (Wildman–Crippen MR) is 214 cm³/mol. The lowest BCUT2D eigenvalue weighted by molar-refractivity contribution is 0.321. The standard InChI is InChI=1S/C10H13N3O.2C9H13N5.C8H11N5O/c1-10(2,3)12-7-11-13-6-4-5-8(13)9(12)14;1-7-13-6-11-12-8(13)10-5-14(7)9(2,3)4;1-7-8-10-5-11-14(8)12-6-13(7)9(2,3)4;1-8(2,3)12-5-10-6-9-4-11-13(6)7(12)14/h4-7H,1-3H3;2*5-6H,1H2,2-4H3;4-5H,1-3H3. The van der Waals surface area contributed by atoms with Crippen LogP contribution in [0.3, 0.4) is 0 Å². The smallest absolute Gasteiger partial charge is 0.323 e. The van der Waals surface area contributed by atoms with Crippen LogP contribution in [0.5, 0.6) is 0 Å². The van der Waals surface area contributed by atoms with Gasteiger partial charge >= 0.3 is 5.69 Å². The number of aliphatic imine (C=N–C) groups is 1. The summed E-state index contributed by atoms with van der Waals surface area (Å²) in [5.41, 5.74) is 0.602. The number of fused-ring (bicyclic) bond motifs is 4. The predicted octanol–water partition coefficient (Wildman–Crippen LogP) is 3.93. The molecule has 0 bridgehead atoms. The van der Waals surface area contributed by atoms with E-state index < -0.39 is 0 Å². The minimum absolute atomic E-state index is 0.00231. The van der Waals surface area contributed by atoms with Crippen LogP contribution in [0.2, 0.25) is 0 Å². The van der Waals surface area contributed by atoms with Gasteiger partial charge in [-0.3, -0.25) is 18.5 Å². The molecule has 20 heteroatoms. The first kappa shape index (κ1) is 40.6. The van der Waals surface area contributed by atoms with Crippen LogP contribution in [0, 0.1) is 0 Å². The van der Waals surface area contributed by atoms with Gasteiger partial charge in [0.25, 0.3) is 17.3 Å². The van der Waals surface area contributed by atoms with Crippen molar-refractivity contribution in [2.45, 2.75) is 105 Å². The fourth-order valence-corrected chi connectivity index (χ4v) is 5.30. The van der Waals surface area contributed by atoms with Crippen LogP contribution in [0.15, 0.2) is 82.8 Å². The minimum Gasteiger partial charge on any atom is -0.323 e. The first-order valence-electron chi connectivity index (χ1n) is 17.7. The van der Waals surface area contributed by atoms with Gasteiger partial charge in [0.1, 0.15) is 55.7 Å². The number of nitrogens with zero attached hydrogens (tertiary/aromatic N) is 18. The average Bonchev–Trinajstić information content (AvgIpc) is 3.91. The summed E-state index contributed by atoms with van der Waals surface area (Å²) < 4.78 is 7.71. The van der Waals surface area contributed by atoms with E-state index in [0.29, 0.717) is 23.1 Å². The van der Waals surface area contributed by atoms with Gasteiger partial charge in [0.15, 0.2) is 5.82 Å². The molecule has 0 aliphatic carbocycles. The highest BCUT2D eigenvalue weighted by Gasteiger charge is 2.28. The molecule has 0 radical (unpaired) electrons. The normalized spacial score (nSPS) is 14.1. The summed E-state index contributed by atoms with van der Waals surface area (Å²) in [6, 6.07) is 3.59. The average molecular weight is 767 g/mol. The van der Waals surface area contributed by atoms with E-state index in [9.17, 15) is 9.59 Å². The first-order chi connectivity index (χ1) is 26.0. The van der Waals surface area contributed by atoms with E-state index in [-0.39, 0.29) is 33.4 Å². The fraction of sp³-hybridized carbons (Fsp3) is 0.444. The van der Waals surface area contributed by atoms with Gasteiger partial charge in [0.2, 0.25) is 0 Å². The maximum Gasteiger partial charge on any atom is 0.353 e. The second-order valence-electron chi connectivity index (χ2n) is 16.7. The zero-order valence-electron chi connectivity index (χ0n) is 34.1. The summed E-state index contributed by atoms with van der Waals surface area (Å²) in [6.45, 7) is 32.3. The van der Waals surface area contributed by atoms with Crippen LogP contribution in [-0.4, -0.2) is 102 Å². The Bertz CT molecular complexity index is 2350. The Kier molecular flexibility index (Phi) is 10.8. The molecule has 6 aromatic heterocycles. The van der Waals surface area contributed by atoms with Gasteiger partial charge in [-0.1, -0.05) is 13.2 Å². The third-order valence-corrected chi connectivity index (χ3v) is 8.28. The van der Waals surface area contributed by atoms with E-state index in [1.54, 1.807) is 51.2 Å². The monoisotopic (exact) mass is 766 g/mol. The van der Waals surface area contributed by atoms with E-state index in [1.165, 1.54) is 32.9 Å². The molecular weight excluding hydrogens is 717 g/mol. The fourth-order valence-electron chi connectivity index (χ4n) is 5.30. The van der Waals surface area contributed by atoms with Crippen molar-refractivity contribution in [2.75, 3.05) is 0 Å². The Hall–Kier alpha value is -6.60. The van der Waals surface area contributed by atoms with Crippen LogP contribution in [0.1, 0.15) is 88.9 Å². The molecule has 8 rings (SSSR count). The molecule has 0 fully saturated rings. The Balaban J connectivity index is 0.000000143. The zero-order valence-corrected chi connectivity index (χ0v) is 34.1. The van der Waals surface area contributed by atoms with Crippen LogP contribution in [0.4, 0.5) is 5.95 Å². The molecule has 2 aliphatic rings. The maximum absolute atomic E-state index is 11.9. The number of rotatable bonds is 0. The topological polar surface area (TPSA) is 197 Å². The second kappa shape index (κ2) is 14.9. The van der Waals surface area contributed by atoms with Gasteiger partial charge in [-0.2, -0.15) is 10.1 Å². The highest BCUT2D eigenvalue weighted by molar-refractivity contribution is 5.76. The summed E-state index contributed by atoms with van der Waals surface area (Å²) in [6.07, 6.45) is 12.7. The molecule has 8 heterocycles. The summed E-state index contributed by atoms with van der Waals surface area (Å²) in [5.74, 6) is 2.43. The van der Waals surface area contributed by atoms with E-state index in [0.717, 1.165) is 11.5 Å². The van der Waals surface area contributed by atoms with Crippen LogP contribution in [0.25, 0.3) is 22.8 Å². The van der Waals surface area contributed by atoms with Crippen molar-refractivity contribution in [1.29, 1.82) is 0 Å². The molecule has 20 nitrogen and oxygen atoms in total. The summed E-state index contributed by atoms with van der Waals surface area (Å²) in [4.78, 5) is 45.3. The molecule has 0 saturated heterocycles. The van der Waals surface area contributed by atoms with Crippen LogP contribution >= 0.6 is 0 Å². The van der Waals surface area contributed by atoms with Gasteiger partial charge < -0.3 is 9.80 Å². The second-order valence-corrected chi connectivity index (χ2v) is 16.7. The lowest BCUT2D eigenvalue weighted by Gasteiger charge is -2.36. The van der Waals surface area contributed by atoms with Crippen molar-refractivity contribution < 1.29 is 0 Å². The van der Waals surface area contributed by atoms with Crippen molar-refractivity contribution in [3.05, 3.63) is 89.8 Å². The summed E-state index contributed by atoms with van der Waals surface area (Å²) in [7, 11) is 0. The van der Waals surface area contributed by atoms with Gasteiger partial charge in [-0.05, 0) is 95.2 Å². The van der Waals surface area contributed by atoms with Crippen LogP contribution < -0.4 is 11.2 Å². The third kappa shape index (κ3) is 8.53. The minimum atomic E-state index is -0.301. The summed E-state index contributed by atoms with van der Waals surface area (Å²) >= 11 is 0. The molecule has 6 aromatic rings. The van der Waals surface area contributed by atoms with Crippen molar-refractivity contribution in [2.24, 2.45) is 10.1 Å². The Morgan fingerprint density at radius 1 is 0.679 bits per heavy atom. The molecule has 0 N–H and O–H groups in total. The Morgan fingerprint density at radius 3 is 1.98 bits per heavy atom. The van der Waals surface area contributed by atoms with Gasteiger partial charge in [0.05, 0.1) is 5.70 Å². The molecule has 0 saturated carbocycles. The third-order valence-electron chi connectivity index (χ3n) is 8.28. The number of hydrogen-bond donors (Lipinski definition) is 0. The molecule has 2 aliphatic heterocycles. The quantitative estimate of drug-likeness (QED) is 0.216. The lowest BCUT2D eigenvalue weighted by atomic mass is 10.1. The highest BCUT2D eigenvalue weighted by atomic mass is 16.2. The van der Waals surface area contributed by atoms with Crippen molar-refractivity contribution >= 4 is 41.4 Å². The van der Waals surface area contributed by atoms with Crippen molar-refractivity contribution in [3.8, 4) is 0 Å². The molecule has 0 spiro atoms. The van der Waals surface area contributed by atoms with Gasteiger partial charge in [0, 0.05) is 28.4 Å². The molecule has 0 aromatic carbocycles. The molecular formula is C36H50N18O2. The maximum atomic E-state index is 11.9. The molecule has 0 unspecified atom stereocenters. The molecule has 296 valence electrons. The van der Waals surface area contributed by atoms with E-state index >= 15 is 0 Å².